The van der Waals surface area contributed by atoms with E-state index < -0.39 is 5.92 Å². The Morgan fingerprint density at radius 2 is 1.64 bits per heavy atom. The number of hydrogen-bond donors (Lipinski definition) is 0. The Balaban J connectivity index is 1.69. The van der Waals surface area contributed by atoms with Crippen molar-refractivity contribution < 1.29 is 4.79 Å². The summed E-state index contributed by atoms with van der Waals surface area (Å²) in [6.45, 7) is 0. The summed E-state index contributed by atoms with van der Waals surface area (Å²) >= 11 is 6.04. The van der Waals surface area contributed by atoms with Crippen LogP contribution in [-0.4, -0.2) is 16.5 Å². The van der Waals surface area contributed by atoms with Gasteiger partial charge in [-0.3, -0.25) is 14.8 Å². The molecule has 0 N–H and O–H groups in total. The third-order valence-electron chi connectivity index (χ3n) is 5.05. The fraction of sp³-hybridized carbons (Fsp3) is 0.0417. The smallest absolute Gasteiger partial charge is 0.176 e. The van der Waals surface area contributed by atoms with E-state index in [4.69, 9.17) is 16.6 Å². The number of carbonyl (C=O) groups excluding carboxylic acids is 1. The molecule has 3 aromatic carbocycles. The molecular weight excluding hydrogens is 368 g/mol. The van der Waals surface area contributed by atoms with Crippen LogP contribution in [0.25, 0.3) is 10.9 Å². The van der Waals surface area contributed by atoms with Gasteiger partial charge in [-0.1, -0.05) is 60.1 Å². The van der Waals surface area contributed by atoms with E-state index in [9.17, 15) is 4.79 Å². The van der Waals surface area contributed by atoms with Crippen LogP contribution in [0.5, 0.6) is 0 Å². The zero-order valence-corrected chi connectivity index (χ0v) is 15.6. The van der Waals surface area contributed by atoms with Crippen molar-refractivity contribution in [3.63, 3.8) is 0 Å². The van der Waals surface area contributed by atoms with Gasteiger partial charge in [-0.25, -0.2) is 0 Å². The maximum absolute atomic E-state index is 13.2. The fourth-order valence-corrected chi connectivity index (χ4v) is 3.84. The lowest BCUT2D eigenvalue weighted by Gasteiger charge is -2.11. The minimum atomic E-state index is -0.436. The molecule has 4 heteroatoms. The number of nitrogens with zero attached hydrogens (tertiary/aromatic N) is 2. The van der Waals surface area contributed by atoms with Gasteiger partial charge in [-0.05, 0) is 35.9 Å². The number of fused-ring (bicyclic) bond motifs is 2. The van der Waals surface area contributed by atoms with Crippen molar-refractivity contribution in [2.24, 2.45) is 4.99 Å². The Morgan fingerprint density at radius 3 is 2.46 bits per heavy atom. The van der Waals surface area contributed by atoms with Gasteiger partial charge in [0.1, 0.15) is 0 Å². The number of halogens is 1. The van der Waals surface area contributed by atoms with Crippen molar-refractivity contribution in [3.8, 4) is 0 Å². The van der Waals surface area contributed by atoms with Crippen molar-refractivity contribution in [3.05, 3.63) is 107 Å². The number of pyridine rings is 1. The molecule has 1 heterocycles. The highest BCUT2D eigenvalue weighted by Gasteiger charge is 2.37. The van der Waals surface area contributed by atoms with Crippen molar-refractivity contribution in [2.45, 2.75) is 5.92 Å². The lowest BCUT2D eigenvalue weighted by molar-refractivity contribution is 0.0988. The van der Waals surface area contributed by atoms with Gasteiger partial charge >= 0.3 is 0 Å². The van der Waals surface area contributed by atoms with Crippen LogP contribution < -0.4 is 0 Å². The summed E-state index contributed by atoms with van der Waals surface area (Å²) in [5.74, 6) is -0.371. The Hall–Kier alpha value is -3.30. The zero-order chi connectivity index (χ0) is 19.1. The van der Waals surface area contributed by atoms with Crippen LogP contribution in [0.3, 0.4) is 0 Å². The van der Waals surface area contributed by atoms with E-state index in [-0.39, 0.29) is 5.78 Å². The lowest BCUT2D eigenvalue weighted by Crippen LogP contribution is -2.13. The van der Waals surface area contributed by atoms with Crippen LogP contribution in [-0.2, 0) is 0 Å². The summed E-state index contributed by atoms with van der Waals surface area (Å²) in [6, 6.07) is 24.9. The first-order valence-electron chi connectivity index (χ1n) is 9.03. The molecule has 0 saturated heterocycles. The predicted molar refractivity (Wildman–Crippen MR) is 113 cm³/mol. The van der Waals surface area contributed by atoms with Crippen LogP contribution in [0.15, 0.2) is 90.1 Å². The molecule has 1 aliphatic carbocycles. The summed E-state index contributed by atoms with van der Waals surface area (Å²) in [5.41, 5.74) is 4.91. The molecular formula is C24H15ClN2O. The van der Waals surface area contributed by atoms with Crippen LogP contribution >= 0.6 is 11.6 Å². The molecule has 0 amide bonds. The Labute approximate surface area is 167 Å². The van der Waals surface area contributed by atoms with Crippen molar-refractivity contribution in [1.82, 2.24) is 4.98 Å². The van der Waals surface area contributed by atoms with E-state index in [1.54, 1.807) is 6.20 Å². The number of aromatic nitrogens is 1. The van der Waals surface area contributed by atoms with Crippen LogP contribution in [0.1, 0.15) is 27.4 Å². The van der Waals surface area contributed by atoms with Gasteiger partial charge in [0.15, 0.2) is 5.78 Å². The fourth-order valence-electron chi connectivity index (χ4n) is 3.71. The number of hydrogen-bond acceptors (Lipinski definition) is 3. The molecule has 1 aliphatic rings. The van der Waals surface area contributed by atoms with Crippen molar-refractivity contribution in [1.29, 1.82) is 0 Å². The number of ketones is 1. The summed E-state index contributed by atoms with van der Waals surface area (Å²) in [7, 11) is 0. The monoisotopic (exact) mass is 382 g/mol. The third kappa shape index (κ3) is 2.81. The average Bonchev–Trinajstić information content (AvgIpc) is 3.01. The third-order valence-corrected chi connectivity index (χ3v) is 5.30. The SMILES string of the molecule is O=C1c2ccccc2C(=Nc2ccc3cccnc3c2)C1c1ccc(Cl)cc1. The van der Waals surface area contributed by atoms with E-state index in [0.29, 0.717) is 10.6 Å². The molecule has 0 spiro atoms. The topological polar surface area (TPSA) is 42.3 Å². The lowest BCUT2D eigenvalue weighted by atomic mass is 9.93. The quantitative estimate of drug-likeness (QED) is 0.427. The highest BCUT2D eigenvalue weighted by Crippen LogP contribution is 2.36. The second kappa shape index (κ2) is 6.70. The molecule has 0 bridgehead atoms. The van der Waals surface area contributed by atoms with Gasteiger partial charge in [0, 0.05) is 27.7 Å². The maximum Gasteiger partial charge on any atom is 0.176 e. The van der Waals surface area contributed by atoms with Crippen LogP contribution in [0.4, 0.5) is 5.69 Å². The minimum absolute atomic E-state index is 0.0654. The average molecular weight is 383 g/mol. The van der Waals surface area contributed by atoms with Crippen LogP contribution in [0, 0.1) is 0 Å². The standard InChI is InChI=1S/C24H15ClN2O/c25-17-10-7-16(8-11-17)22-23(19-5-1-2-6-20(19)24(22)28)27-18-12-9-15-4-3-13-26-21(15)14-18/h1-14,22H. The number of carbonyl (C=O) groups is 1. The number of rotatable bonds is 2. The molecule has 0 radical (unpaired) electrons. The van der Waals surface area contributed by atoms with Gasteiger partial charge in [0.2, 0.25) is 0 Å². The molecule has 0 aliphatic heterocycles. The van der Waals surface area contributed by atoms with E-state index in [1.165, 1.54) is 0 Å². The summed E-state index contributed by atoms with van der Waals surface area (Å²) in [4.78, 5) is 22.5. The van der Waals surface area contributed by atoms with Crippen LogP contribution in [0.2, 0.25) is 5.02 Å². The highest BCUT2D eigenvalue weighted by atomic mass is 35.5. The van der Waals surface area contributed by atoms with Gasteiger partial charge in [-0.2, -0.15) is 0 Å². The van der Waals surface area contributed by atoms with Crippen molar-refractivity contribution >= 4 is 39.7 Å². The van der Waals surface area contributed by atoms with E-state index >= 15 is 0 Å². The first kappa shape index (κ1) is 16.8. The van der Waals surface area contributed by atoms with Gasteiger partial charge < -0.3 is 0 Å². The van der Waals surface area contributed by atoms with E-state index in [2.05, 4.69) is 4.98 Å². The largest absolute Gasteiger partial charge is 0.293 e. The second-order valence-corrected chi connectivity index (χ2v) is 7.21. The number of benzene rings is 3. The molecule has 4 aromatic rings. The van der Waals surface area contributed by atoms with Gasteiger partial charge in [-0.15, -0.1) is 0 Å². The van der Waals surface area contributed by atoms with Crippen molar-refractivity contribution in [2.75, 3.05) is 0 Å². The number of Topliss-reactive ketones (excluding diaryl/α,β-unsaturated/α-hetero) is 1. The molecule has 134 valence electrons. The number of aliphatic imine (C=N–C) groups is 1. The first-order valence-corrected chi connectivity index (χ1v) is 9.41. The molecule has 1 unspecified atom stereocenters. The maximum atomic E-state index is 13.2. The van der Waals surface area contributed by atoms with E-state index in [1.807, 2.05) is 78.9 Å². The summed E-state index contributed by atoms with van der Waals surface area (Å²) in [6.07, 6.45) is 1.77. The molecule has 0 fully saturated rings. The molecule has 1 aromatic heterocycles. The Kier molecular flexibility index (Phi) is 4.03. The predicted octanol–water partition coefficient (Wildman–Crippen LogP) is 5.99. The molecule has 3 nitrogen and oxygen atoms in total. The molecule has 0 saturated carbocycles. The highest BCUT2D eigenvalue weighted by molar-refractivity contribution is 6.32. The molecule has 5 rings (SSSR count). The minimum Gasteiger partial charge on any atom is -0.293 e. The summed E-state index contributed by atoms with van der Waals surface area (Å²) < 4.78 is 0. The second-order valence-electron chi connectivity index (χ2n) is 6.77. The Bertz CT molecular complexity index is 1240. The molecule has 1 atom stereocenters. The normalized spacial score (nSPS) is 17.2. The zero-order valence-electron chi connectivity index (χ0n) is 14.8. The van der Waals surface area contributed by atoms with Gasteiger partial charge in [0.25, 0.3) is 0 Å². The molecule has 28 heavy (non-hydrogen) atoms. The first-order chi connectivity index (χ1) is 13.7. The Morgan fingerprint density at radius 1 is 0.857 bits per heavy atom. The summed E-state index contributed by atoms with van der Waals surface area (Å²) in [5, 5.41) is 1.70. The van der Waals surface area contributed by atoms with E-state index in [0.717, 1.165) is 33.4 Å². The van der Waals surface area contributed by atoms with Gasteiger partial charge in [0.05, 0.1) is 22.8 Å².